The van der Waals surface area contributed by atoms with Crippen molar-refractivity contribution in [3.63, 3.8) is 0 Å². The van der Waals surface area contributed by atoms with Crippen LogP contribution in [0.5, 0.6) is 0 Å². The van der Waals surface area contributed by atoms with Gasteiger partial charge in [-0.1, -0.05) is 27.2 Å². The van der Waals surface area contributed by atoms with Crippen LogP contribution >= 0.6 is 0 Å². The zero-order valence-electron chi connectivity index (χ0n) is 16.7. The third kappa shape index (κ3) is 3.24. The van der Waals surface area contributed by atoms with Crippen molar-refractivity contribution in [3.8, 4) is 0 Å². The average Bonchev–Trinajstić information content (AvgIpc) is 2.96. The Balaban J connectivity index is 2.15. The van der Waals surface area contributed by atoms with Crippen LogP contribution in [0.25, 0.3) is 11.2 Å². The quantitative estimate of drug-likeness (QED) is 0.815. The lowest BCUT2D eigenvalue weighted by Crippen LogP contribution is -2.39. The second-order valence-electron chi connectivity index (χ2n) is 7.94. The molecule has 1 aliphatic heterocycles. The predicted octanol–water partition coefficient (Wildman–Crippen LogP) is 1.85. The molecular formula is C19H31N5O2. The highest BCUT2D eigenvalue weighted by Gasteiger charge is 2.25. The van der Waals surface area contributed by atoms with Crippen LogP contribution < -0.4 is 11.2 Å². The maximum atomic E-state index is 12.8. The number of nitrogens with zero attached hydrogens (tertiary/aromatic N) is 5. The van der Waals surface area contributed by atoms with Gasteiger partial charge in [0.2, 0.25) is 0 Å². The van der Waals surface area contributed by atoms with Gasteiger partial charge < -0.3 is 4.57 Å². The summed E-state index contributed by atoms with van der Waals surface area (Å²) in [5.74, 6) is 1.28. The highest BCUT2D eigenvalue weighted by molar-refractivity contribution is 5.71. The van der Waals surface area contributed by atoms with Crippen LogP contribution in [0.4, 0.5) is 0 Å². The molecule has 26 heavy (non-hydrogen) atoms. The summed E-state index contributed by atoms with van der Waals surface area (Å²) < 4.78 is 4.72. The average molecular weight is 361 g/mol. The van der Waals surface area contributed by atoms with Gasteiger partial charge in [0.05, 0.1) is 6.54 Å². The minimum Gasteiger partial charge on any atom is -0.321 e. The molecule has 0 aliphatic carbocycles. The van der Waals surface area contributed by atoms with Gasteiger partial charge in [-0.3, -0.25) is 18.8 Å². The molecule has 0 bridgehead atoms. The number of aryl methyl sites for hydroxylation is 1. The van der Waals surface area contributed by atoms with E-state index in [1.165, 1.54) is 35.4 Å². The fourth-order valence-electron chi connectivity index (χ4n) is 4.09. The summed E-state index contributed by atoms with van der Waals surface area (Å²) in [5, 5.41) is 0. The summed E-state index contributed by atoms with van der Waals surface area (Å²) in [6, 6.07) is 0.572. The van der Waals surface area contributed by atoms with Gasteiger partial charge in [-0.05, 0) is 31.7 Å². The minimum absolute atomic E-state index is 0.256. The number of piperidine rings is 1. The van der Waals surface area contributed by atoms with E-state index in [-0.39, 0.29) is 11.2 Å². The Morgan fingerprint density at radius 3 is 2.54 bits per heavy atom. The fraction of sp³-hybridized carbons (Fsp3) is 0.737. The molecule has 0 unspecified atom stereocenters. The van der Waals surface area contributed by atoms with E-state index < -0.39 is 0 Å². The van der Waals surface area contributed by atoms with E-state index in [4.69, 9.17) is 4.98 Å². The first-order valence-corrected chi connectivity index (χ1v) is 9.74. The number of likely N-dealkylation sites (tertiary alicyclic amines) is 1. The summed E-state index contributed by atoms with van der Waals surface area (Å²) in [6.45, 7) is 9.04. The van der Waals surface area contributed by atoms with Crippen molar-refractivity contribution >= 4 is 11.2 Å². The van der Waals surface area contributed by atoms with Crippen molar-refractivity contribution in [1.29, 1.82) is 0 Å². The predicted molar refractivity (Wildman–Crippen MR) is 103 cm³/mol. The molecule has 2 aromatic heterocycles. The number of fused-ring (bicyclic) bond motifs is 1. The summed E-state index contributed by atoms with van der Waals surface area (Å²) in [4.78, 5) is 32.4. The molecule has 0 spiro atoms. The molecular weight excluding hydrogens is 330 g/mol. The Bertz CT molecular complexity index is 905. The molecule has 7 heteroatoms. The van der Waals surface area contributed by atoms with Gasteiger partial charge in [-0.15, -0.1) is 0 Å². The maximum Gasteiger partial charge on any atom is 0.332 e. The van der Waals surface area contributed by atoms with Crippen LogP contribution in [0.1, 0.15) is 52.3 Å². The van der Waals surface area contributed by atoms with E-state index in [1.54, 1.807) is 7.05 Å². The Morgan fingerprint density at radius 2 is 1.88 bits per heavy atom. The minimum atomic E-state index is -0.326. The zero-order valence-corrected chi connectivity index (χ0v) is 16.7. The van der Waals surface area contributed by atoms with Crippen molar-refractivity contribution < 1.29 is 0 Å². The molecule has 1 aliphatic rings. The Morgan fingerprint density at radius 1 is 1.15 bits per heavy atom. The monoisotopic (exact) mass is 361 g/mol. The zero-order chi connectivity index (χ0) is 19.0. The second-order valence-corrected chi connectivity index (χ2v) is 7.94. The van der Waals surface area contributed by atoms with Crippen molar-refractivity contribution in [1.82, 2.24) is 23.6 Å². The number of aromatic nitrogens is 4. The Kier molecular flexibility index (Phi) is 5.37. The molecule has 3 heterocycles. The van der Waals surface area contributed by atoms with E-state index >= 15 is 0 Å². The van der Waals surface area contributed by atoms with E-state index in [2.05, 4.69) is 25.7 Å². The van der Waals surface area contributed by atoms with E-state index in [1.807, 2.05) is 4.57 Å². The molecule has 1 atom stereocenters. The summed E-state index contributed by atoms with van der Waals surface area (Å²) in [6.07, 6.45) is 4.85. The second kappa shape index (κ2) is 7.39. The third-order valence-corrected chi connectivity index (χ3v) is 5.54. The normalized spacial score (nSPS) is 18.9. The topological polar surface area (TPSA) is 65.1 Å². The summed E-state index contributed by atoms with van der Waals surface area (Å²) in [5.41, 5.74) is 0.461. The van der Waals surface area contributed by atoms with Gasteiger partial charge >= 0.3 is 5.69 Å². The third-order valence-electron chi connectivity index (χ3n) is 5.54. The number of hydrogen-bond donors (Lipinski definition) is 0. The summed E-state index contributed by atoms with van der Waals surface area (Å²) in [7, 11) is 3.23. The first-order chi connectivity index (χ1) is 12.3. The standard InChI is InChI=1S/C19H31N5O2/c1-6-14-9-7-8-10-23(14)12-15-20-17-16(24(15)11-13(2)3)18(25)22(5)19(26)21(17)4/h13-14H,6-12H2,1-5H3/t14-/m1/s1. The summed E-state index contributed by atoms with van der Waals surface area (Å²) >= 11 is 0. The molecule has 144 valence electrons. The van der Waals surface area contributed by atoms with Crippen molar-refractivity contribution in [2.24, 2.45) is 20.0 Å². The van der Waals surface area contributed by atoms with Crippen molar-refractivity contribution in [3.05, 3.63) is 26.7 Å². The smallest absolute Gasteiger partial charge is 0.321 e. The maximum absolute atomic E-state index is 12.8. The van der Waals surface area contributed by atoms with Gasteiger partial charge in [0.25, 0.3) is 5.56 Å². The van der Waals surface area contributed by atoms with E-state index in [0.717, 1.165) is 31.9 Å². The highest BCUT2D eigenvalue weighted by Crippen LogP contribution is 2.23. The van der Waals surface area contributed by atoms with E-state index in [9.17, 15) is 9.59 Å². The van der Waals surface area contributed by atoms with Crippen molar-refractivity contribution in [2.45, 2.75) is 65.6 Å². The first-order valence-electron chi connectivity index (χ1n) is 9.74. The molecule has 0 N–H and O–H groups in total. The number of imidazole rings is 1. The van der Waals surface area contributed by atoms with Gasteiger partial charge in [0.15, 0.2) is 11.2 Å². The first kappa shape index (κ1) is 18.9. The molecule has 0 amide bonds. The van der Waals surface area contributed by atoms with Gasteiger partial charge in [0.1, 0.15) is 5.82 Å². The largest absolute Gasteiger partial charge is 0.332 e. The Hall–Kier alpha value is -1.89. The van der Waals surface area contributed by atoms with Crippen LogP contribution in [0, 0.1) is 5.92 Å². The lowest BCUT2D eigenvalue weighted by Gasteiger charge is -2.35. The molecule has 3 rings (SSSR count). The molecule has 7 nitrogen and oxygen atoms in total. The van der Waals surface area contributed by atoms with Crippen LogP contribution in [0.15, 0.2) is 9.59 Å². The number of hydrogen-bond acceptors (Lipinski definition) is 4. The fourth-order valence-corrected chi connectivity index (χ4v) is 4.09. The van der Waals surface area contributed by atoms with Crippen molar-refractivity contribution in [2.75, 3.05) is 6.54 Å². The lowest BCUT2D eigenvalue weighted by molar-refractivity contribution is 0.131. The Labute approximate surface area is 154 Å². The van der Waals surface area contributed by atoms with Gasteiger partial charge in [0, 0.05) is 26.7 Å². The number of rotatable bonds is 5. The molecule has 0 aromatic carbocycles. The molecule has 1 saturated heterocycles. The molecule has 0 radical (unpaired) electrons. The molecule has 0 saturated carbocycles. The van der Waals surface area contributed by atoms with Gasteiger partial charge in [-0.25, -0.2) is 9.78 Å². The van der Waals surface area contributed by atoms with Crippen LogP contribution in [-0.4, -0.2) is 36.2 Å². The lowest BCUT2D eigenvalue weighted by atomic mass is 10.00. The van der Waals surface area contributed by atoms with Crippen LogP contribution in [0.3, 0.4) is 0 Å². The van der Waals surface area contributed by atoms with Crippen LogP contribution in [-0.2, 0) is 27.2 Å². The molecule has 1 fully saturated rings. The molecule has 2 aromatic rings. The van der Waals surface area contributed by atoms with Crippen LogP contribution in [0.2, 0.25) is 0 Å². The SMILES string of the molecule is CC[C@@H]1CCCCN1Cc1nc2c(c(=O)n(C)c(=O)n2C)n1CC(C)C. The highest BCUT2D eigenvalue weighted by atomic mass is 16.2. The van der Waals surface area contributed by atoms with E-state index in [0.29, 0.717) is 23.1 Å². The van der Waals surface area contributed by atoms with Gasteiger partial charge in [-0.2, -0.15) is 0 Å².